The van der Waals surface area contributed by atoms with Crippen LogP contribution in [-0.4, -0.2) is 43.6 Å². The van der Waals surface area contributed by atoms with Crippen molar-refractivity contribution in [2.45, 2.75) is 6.42 Å². The Balaban J connectivity index is 2.16. The van der Waals surface area contributed by atoms with E-state index in [1.165, 1.54) is 0 Å². The SMILES string of the molecule is CN(CCOc1ccc(Br)cc1)CCC(=O)NC(N)=O. The molecule has 3 amide bonds. The zero-order chi connectivity index (χ0) is 15.0. The fourth-order valence-corrected chi connectivity index (χ4v) is 1.72. The van der Waals surface area contributed by atoms with E-state index in [9.17, 15) is 9.59 Å². The molecule has 0 fully saturated rings. The first-order chi connectivity index (χ1) is 9.47. The fraction of sp³-hybridized carbons (Fsp3) is 0.385. The summed E-state index contributed by atoms with van der Waals surface area (Å²) in [5.74, 6) is 0.422. The third kappa shape index (κ3) is 7.10. The molecule has 0 unspecified atom stereocenters. The smallest absolute Gasteiger partial charge is 0.318 e. The number of carbonyl (C=O) groups is 2. The highest BCUT2D eigenvalue weighted by molar-refractivity contribution is 9.10. The maximum absolute atomic E-state index is 11.2. The molecule has 3 N–H and O–H groups in total. The summed E-state index contributed by atoms with van der Waals surface area (Å²) in [7, 11) is 1.88. The van der Waals surface area contributed by atoms with Crippen molar-refractivity contribution in [2.75, 3.05) is 26.7 Å². The molecule has 7 heteroatoms. The van der Waals surface area contributed by atoms with E-state index in [0.29, 0.717) is 19.7 Å². The van der Waals surface area contributed by atoms with Crippen molar-refractivity contribution < 1.29 is 14.3 Å². The molecule has 0 spiro atoms. The minimum absolute atomic E-state index is 0.220. The number of nitrogens with zero attached hydrogens (tertiary/aromatic N) is 1. The van der Waals surface area contributed by atoms with Gasteiger partial charge in [0.1, 0.15) is 12.4 Å². The largest absolute Gasteiger partial charge is 0.492 e. The Kier molecular flexibility index (Phi) is 7.03. The Hall–Kier alpha value is -1.60. The summed E-state index contributed by atoms with van der Waals surface area (Å²) in [6.45, 7) is 1.73. The standard InChI is InChI=1S/C13H18BrN3O3/c1-17(7-6-12(18)16-13(15)19)8-9-20-11-4-2-10(14)3-5-11/h2-5H,6-9H2,1H3,(H3,15,16,18,19). The lowest BCUT2D eigenvalue weighted by Crippen LogP contribution is -2.37. The van der Waals surface area contributed by atoms with E-state index in [-0.39, 0.29) is 12.3 Å². The van der Waals surface area contributed by atoms with E-state index in [1.54, 1.807) is 0 Å². The van der Waals surface area contributed by atoms with E-state index in [1.807, 2.05) is 41.5 Å². The minimum atomic E-state index is -0.823. The van der Waals surface area contributed by atoms with Gasteiger partial charge >= 0.3 is 6.03 Å². The number of ether oxygens (including phenoxy) is 1. The maximum Gasteiger partial charge on any atom is 0.318 e. The van der Waals surface area contributed by atoms with Gasteiger partial charge in [-0.2, -0.15) is 0 Å². The lowest BCUT2D eigenvalue weighted by Gasteiger charge is -2.16. The topological polar surface area (TPSA) is 84.7 Å². The Morgan fingerprint density at radius 3 is 2.55 bits per heavy atom. The van der Waals surface area contributed by atoms with Crippen molar-refractivity contribution in [3.05, 3.63) is 28.7 Å². The third-order valence-electron chi connectivity index (χ3n) is 2.54. The van der Waals surface area contributed by atoms with Crippen molar-refractivity contribution >= 4 is 27.9 Å². The second kappa shape index (κ2) is 8.55. The number of carbonyl (C=O) groups excluding carboxylic acids is 2. The molecule has 0 aliphatic heterocycles. The van der Waals surface area contributed by atoms with Gasteiger partial charge in [-0.05, 0) is 31.3 Å². The Bertz CT molecular complexity index is 451. The number of imide groups is 1. The molecule has 110 valence electrons. The normalized spacial score (nSPS) is 10.3. The minimum Gasteiger partial charge on any atom is -0.492 e. The number of benzene rings is 1. The van der Waals surface area contributed by atoms with E-state index >= 15 is 0 Å². The fourth-order valence-electron chi connectivity index (χ4n) is 1.45. The number of halogens is 1. The molecule has 0 saturated heterocycles. The second-order valence-electron chi connectivity index (χ2n) is 4.27. The van der Waals surface area contributed by atoms with Crippen LogP contribution in [-0.2, 0) is 4.79 Å². The average molecular weight is 344 g/mol. The monoisotopic (exact) mass is 343 g/mol. The van der Waals surface area contributed by atoms with E-state index in [0.717, 1.165) is 10.2 Å². The zero-order valence-corrected chi connectivity index (χ0v) is 12.9. The number of hydrogen-bond acceptors (Lipinski definition) is 4. The lowest BCUT2D eigenvalue weighted by atomic mass is 10.3. The summed E-state index contributed by atoms with van der Waals surface area (Å²) in [6, 6.07) is 6.76. The van der Waals surface area contributed by atoms with Gasteiger partial charge in [0.15, 0.2) is 0 Å². The quantitative estimate of drug-likeness (QED) is 0.782. The number of primary amides is 1. The lowest BCUT2D eigenvalue weighted by molar-refractivity contribution is -0.120. The molecule has 0 atom stereocenters. The molecule has 0 radical (unpaired) electrons. The van der Waals surface area contributed by atoms with Gasteiger partial charge in [0.2, 0.25) is 5.91 Å². The number of urea groups is 1. The first kappa shape index (κ1) is 16.5. The van der Waals surface area contributed by atoms with Gasteiger partial charge in [-0.1, -0.05) is 15.9 Å². The molecule has 1 aromatic carbocycles. The van der Waals surface area contributed by atoms with Gasteiger partial charge in [0.05, 0.1) is 0 Å². The first-order valence-corrected chi connectivity index (χ1v) is 6.93. The summed E-state index contributed by atoms with van der Waals surface area (Å²) < 4.78 is 6.57. The first-order valence-electron chi connectivity index (χ1n) is 6.13. The van der Waals surface area contributed by atoms with E-state index in [4.69, 9.17) is 10.5 Å². The molecule has 0 aromatic heterocycles. The maximum atomic E-state index is 11.2. The Morgan fingerprint density at radius 2 is 1.95 bits per heavy atom. The number of nitrogens with two attached hydrogens (primary N) is 1. The number of likely N-dealkylation sites (N-methyl/N-ethyl adjacent to an activating group) is 1. The predicted octanol–water partition coefficient (Wildman–Crippen LogP) is 1.34. The summed E-state index contributed by atoms with van der Waals surface area (Å²) in [4.78, 5) is 23.6. The van der Waals surface area contributed by atoms with Crippen LogP contribution < -0.4 is 15.8 Å². The zero-order valence-electron chi connectivity index (χ0n) is 11.3. The van der Waals surface area contributed by atoms with Crippen molar-refractivity contribution in [1.29, 1.82) is 0 Å². The van der Waals surface area contributed by atoms with Gasteiger partial charge in [0.25, 0.3) is 0 Å². The summed E-state index contributed by atoms with van der Waals surface area (Å²) >= 11 is 3.35. The van der Waals surface area contributed by atoms with Crippen molar-refractivity contribution in [2.24, 2.45) is 5.73 Å². The van der Waals surface area contributed by atoms with Gasteiger partial charge in [-0.3, -0.25) is 10.1 Å². The van der Waals surface area contributed by atoms with E-state index < -0.39 is 6.03 Å². The van der Waals surface area contributed by atoms with E-state index in [2.05, 4.69) is 15.9 Å². The Morgan fingerprint density at radius 1 is 1.30 bits per heavy atom. The average Bonchev–Trinajstić information content (AvgIpc) is 2.38. The van der Waals surface area contributed by atoms with Crippen LogP contribution in [0.25, 0.3) is 0 Å². The second-order valence-corrected chi connectivity index (χ2v) is 5.18. The predicted molar refractivity (Wildman–Crippen MR) is 79.5 cm³/mol. The number of amides is 3. The van der Waals surface area contributed by atoms with Gasteiger partial charge in [-0.15, -0.1) is 0 Å². The van der Waals surface area contributed by atoms with Crippen LogP contribution in [0.5, 0.6) is 5.75 Å². The summed E-state index contributed by atoms with van der Waals surface area (Å²) in [5, 5.41) is 2.02. The van der Waals surface area contributed by atoms with Gasteiger partial charge < -0.3 is 15.4 Å². The number of nitrogens with one attached hydrogen (secondary N) is 1. The molecular formula is C13H18BrN3O3. The molecule has 0 aliphatic rings. The number of rotatable bonds is 7. The van der Waals surface area contributed by atoms with Crippen LogP contribution in [0.15, 0.2) is 28.7 Å². The summed E-state index contributed by atoms with van der Waals surface area (Å²) in [5.41, 5.74) is 4.85. The highest BCUT2D eigenvalue weighted by Crippen LogP contribution is 2.15. The molecule has 1 rings (SSSR count). The molecule has 20 heavy (non-hydrogen) atoms. The van der Waals surface area contributed by atoms with Crippen molar-refractivity contribution in [3.8, 4) is 5.75 Å². The molecule has 0 bridgehead atoms. The van der Waals surface area contributed by atoms with Crippen LogP contribution in [0.2, 0.25) is 0 Å². The molecule has 6 nitrogen and oxygen atoms in total. The molecular weight excluding hydrogens is 326 g/mol. The Labute approximate surface area is 126 Å². The van der Waals surface area contributed by atoms with Crippen LogP contribution in [0.4, 0.5) is 4.79 Å². The highest BCUT2D eigenvalue weighted by atomic mass is 79.9. The van der Waals surface area contributed by atoms with Crippen LogP contribution in [0.3, 0.4) is 0 Å². The third-order valence-corrected chi connectivity index (χ3v) is 3.07. The van der Waals surface area contributed by atoms with Crippen molar-refractivity contribution in [3.63, 3.8) is 0 Å². The molecule has 0 saturated carbocycles. The van der Waals surface area contributed by atoms with Gasteiger partial charge in [-0.25, -0.2) is 4.79 Å². The highest BCUT2D eigenvalue weighted by Gasteiger charge is 2.06. The van der Waals surface area contributed by atoms with Crippen LogP contribution >= 0.6 is 15.9 Å². The summed E-state index contributed by atoms with van der Waals surface area (Å²) in [6.07, 6.45) is 0.220. The van der Waals surface area contributed by atoms with Crippen LogP contribution in [0.1, 0.15) is 6.42 Å². The van der Waals surface area contributed by atoms with Crippen molar-refractivity contribution in [1.82, 2.24) is 10.2 Å². The van der Waals surface area contributed by atoms with Gasteiger partial charge in [0, 0.05) is 24.0 Å². The van der Waals surface area contributed by atoms with Crippen LogP contribution in [0, 0.1) is 0 Å². The number of hydrogen-bond donors (Lipinski definition) is 2. The molecule has 0 heterocycles. The molecule has 1 aromatic rings. The molecule has 0 aliphatic carbocycles.